The number of benzene rings is 1. The van der Waals surface area contributed by atoms with Crippen molar-refractivity contribution in [3.63, 3.8) is 0 Å². The van der Waals surface area contributed by atoms with Gasteiger partial charge in [-0.05, 0) is 6.07 Å². The minimum atomic E-state index is -0.223. The quantitative estimate of drug-likeness (QED) is 0.708. The van der Waals surface area contributed by atoms with Crippen LogP contribution in [0.2, 0.25) is 0 Å². The number of aromatic nitrogens is 1. The molecule has 0 aliphatic rings. The van der Waals surface area contributed by atoms with Crippen LogP contribution in [0.5, 0.6) is 5.75 Å². The maximum absolute atomic E-state index is 11.2. The maximum atomic E-state index is 11.2. The molecular weight excluding hydrogens is 180 g/mol. The van der Waals surface area contributed by atoms with Crippen molar-refractivity contribution in [3.8, 4) is 5.75 Å². The molecule has 0 fully saturated rings. The Bertz CT molecular complexity index is 531. The first-order chi connectivity index (χ1) is 6.72. The standard InChI is InChI=1S/C10H10N2O2/c1-14-8-4-2-3-6-7(11)5-9(13)12-10(6)8/h2-5H,1H3,(H3,11,12,13). The zero-order chi connectivity index (χ0) is 10.1. The van der Waals surface area contributed by atoms with Crippen LogP contribution in [0.15, 0.2) is 29.1 Å². The third-order valence-corrected chi connectivity index (χ3v) is 2.09. The molecule has 2 rings (SSSR count). The summed E-state index contributed by atoms with van der Waals surface area (Å²) in [5.74, 6) is 0.618. The minimum Gasteiger partial charge on any atom is -0.495 e. The Morgan fingerprint density at radius 3 is 2.93 bits per heavy atom. The normalized spacial score (nSPS) is 10.4. The molecule has 4 heteroatoms. The summed E-state index contributed by atoms with van der Waals surface area (Å²) in [6.07, 6.45) is 0. The van der Waals surface area contributed by atoms with Crippen molar-refractivity contribution < 1.29 is 4.74 Å². The number of nitrogens with two attached hydrogens (primary N) is 1. The number of methoxy groups -OCH3 is 1. The molecule has 0 atom stereocenters. The van der Waals surface area contributed by atoms with Gasteiger partial charge in [0.25, 0.3) is 5.56 Å². The Balaban J connectivity index is 2.93. The molecule has 72 valence electrons. The predicted octanol–water partition coefficient (Wildman–Crippen LogP) is 1.12. The van der Waals surface area contributed by atoms with Crippen molar-refractivity contribution in [2.75, 3.05) is 12.8 Å². The molecule has 0 aliphatic heterocycles. The Kier molecular flexibility index (Phi) is 1.89. The maximum Gasteiger partial charge on any atom is 0.250 e. The summed E-state index contributed by atoms with van der Waals surface area (Å²) >= 11 is 0. The molecule has 0 saturated heterocycles. The van der Waals surface area contributed by atoms with E-state index in [1.165, 1.54) is 6.07 Å². The SMILES string of the molecule is COc1cccc2c(N)cc(=O)[nH]c12. The van der Waals surface area contributed by atoms with E-state index in [4.69, 9.17) is 10.5 Å². The number of hydrogen-bond donors (Lipinski definition) is 2. The monoisotopic (exact) mass is 190 g/mol. The van der Waals surface area contributed by atoms with Gasteiger partial charge in [0.15, 0.2) is 0 Å². The van der Waals surface area contributed by atoms with Gasteiger partial charge in [0.05, 0.1) is 12.6 Å². The van der Waals surface area contributed by atoms with E-state index in [0.717, 1.165) is 5.39 Å². The lowest BCUT2D eigenvalue weighted by Gasteiger charge is -2.05. The highest BCUT2D eigenvalue weighted by molar-refractivity contribution is 5.93. The molecule has 0 aliphatic carbocycles. The number of hydrogen-bond acceptors (Lipinski definition) is 3. The molecule has 1 heterocycles. The first-order valence-electron chi connectivity index (χ1n) is 4.18. The van der Waals surface area contributed by atoms with Crippen LogP contribution >= 0.6 is 0 Å². The summed E-state index contributed by atoms with van der Waals surface area (Å²) in [7, 11) is 1.55. The fraction of sp³-hybridized carbons (Fsp3) is 0.100. The highest BCUT2D eigenvalue weighted by atomic mass is 16.5. The largest absolute Gasteiger partial charge is 0.495 e. The van der Waals surface area contributed by atoms with E-state index in [1.54, 1.807) is 13.2 Å². The van der Waals surface area contributed by atoms with Gasteiger partial charge >= 0.3 is 0 Å². The Morgan fingerprint density at radius 2 is 2.21 bits per heavy atom. The van der Waals surface area contributed by atoms with Crippen LogP contribution in [0.1, 0.15) is 0 Å². The zero-order valence-corrected chi connectivity index (χ0v) is 7.70. The highest BCUT2D eigenvalue weighted by Gasteiger charge is 2.04. The number of pyridine rings is 1. The first kappa shape index (κ1) is 8.62. The van der Waals surface area contributed by atoms with Crippen LogP contribution < -0.4 is 16.0 Å². The number of fused-ring (bicyclic) bond motifs is 1. The topological polar surface area (TPSA) is 68.1 Å². The van der Waals surface area contributed by atoms with E-state index in [-0.39, 0.29) is 5.56 Å². The van der Waals surface area contributed by atoms with Crippen LogP contribution in [0.4, 0.5) is 5.69 Å². The van der Waals surface area contributed by atoms with Crippen molar-refractivity contribution in [2.24, 2.45) is 0 Å². The van der Waals surface area contributed by atoms with E-state index in [1.807, 2.05) is 12.1 Å². The fourth-order valence-corrected chi connectivity index (χ4v) is 1.45. The molecule has 2 aromatic rings. The second-order valence-corrected chi connectivity index (χ2v) is 2.97. The minimum absolute atomic E-state index is 0.223. The van der Waals surface area contributed by atoms with Gasteiger partial charge in [-0.3, -0.25) is 4.79 Å². The highest BCUT2D eigenvalue weighted by Crippen LogP contribution is 2.25. The number of nitrogens with one attached hydrogen (secondary N) is 1. The van der Waals surface area contributed by atoms with Gasteiger partial charge in [-0.1, -0.05) is 12.1 Å². The van der Waals surface area contributed by atoms with E-state index < -0.39 is 0 Å². The molecule has 1 aromatic carbocycles. The van der Waals surface area contributed by atoms with Crippen LogP contribution in [0, 0.1) is 0 Å². The van der Waals surface area contributed by atoms with Gasteiger partial charge in [-0.25, -0.2) is 0 Å². The number of H-pyrrole nitrogens is 1. The van der Waals surface area contributed by atoms with E-state index in [9.17, 15) is 4.79 Å². The van der Waals surface area contributed by atoms with Crippen LogP contribution in [0.25, 0.3) is 10.9 Å². The number of nitrogen functional groups attached to an aromatic ring is 1. The molecule has 4 nitrogen and oxygen atoms in total. The van der Waals surface area contributed by atoms with Crippen LogP contribution in [-0.2, 0) is 0 Å². The number of rotatable bonds is 1. The Labute approximate surface area is 80.3 Å². The zero-order valence-electron chi connectivity index (χ0n) is 7.70. The van der Waals surface area contributed by atoms with Gasteiger partial charge < -0.3 is 15.5 Å². The molecule has 14 heavy (non-hydrogen) atoms. The lowest BCUT2D eigenvalue weighted by Crippen LogP contribution is -2.06. The van der Waals surface area contributed by atoms with Crippen LogP contribution in [-0.4, -0.2) is 12.1 Å². The number of ether oxygens (including phenoxy) is 1. The number of anilines is 1. The molecule has 3 N–H and O–H groups in total. The molecule has 0 bridgehead atoms. The molecule has 1 aromatic heterocycles. The number of aromatic amines is 1. The first-order valence-corrected chi connectivity index (χ1v) is 4.18. The second kappa shape index (κ2) is 3.06. The van der Waals surface area contributed by atoms with Crippen molar-refractivity contribution in [2.45, 2.75) is 0 Å². The molecule has 0 amide bonds. The van der Waals surface area contributed by atoms with Crippen LogP contribution in [0.3, 0.4) is 0 Å². The molecule has 0 spiro atoms. The van der Waals surface area contributed by atoms with Gasteiger partial charge in [0.1, 0.15) is 5.75 Å². The molecule has 0 unspecified atom stereocenters. The second-order valence-electron chi connectivity index (χ2n) is 2.97. The Hall–Kier alpha value is -1.97. The summed E-state index contributed by atoms with van der Waals surface area (Å²) in [6.45, 7) is 0. The van der Waals surface area contributed by atoms with Crippen molar-refractivity contribution in [1.82, 2.24) is 4.98 Å². The number of para-hydroxylation sites is 1. The average Bonchev–Trinajstić information content (AvgIpc) is 2.17. The summed E-state index contributed by atoms with van der Waals surface area (Å²) in [4.78, 5) is 13.9. The summed E-state index contributed by atoms with van der Waals surface area (Å²) in [5.41, 5.74) is 6.58. The molecule has 0 radical (unpaired) electrons. The smallest absolute Gasteiger partial charge is 0.250 e. The van der Waals surface area contributed by atoms with Crippen molar-refractivity contribution >= 4 is 16.6 Å². The fourth-order valence-electron chi connectivity index (χ4n) is 1.45. The summed E-state index contributed by atoms with van der Waals surface area (Å²) in [6, 6.07) is 6.80. The predicted molar refractivity (Wildman–Crippen MR) is 55.5 cm³/mol. The van der Waals surface area contributed by atoms with Gasteiger partial charge in [0.2, 0.25) is 0 Å². The summed E-state index contributed by atoms with van der Waals surface area (Å²) < 4.78 is 5.11. The van der Waals surface area contributed by atoms with Crippen molar-refractivity contribution in [1.29, 1.82) is 0 Å². The third-order valence-electron chi connectivity index (χ3n) is 2.09. The lowest BCUT2D eigenvalue weighted by molar-refractivity contribution is 0.419. The molecular formula is C10H10N2O2. The summed E-state index contributed by atoms with van der Waals surface area (Å²) in [5, 5.41) is 0.795. The van der Waals surface area contributed by atoms with Gasteiger partial charge in [-0.15, -0.1) is 0 Å². The van der Waals surface area contributed by atoms with E-state index in [0.29, 0.717) is 17.0 Å². The average molecular weight is 190 g/mol. The van der Waals surface area contributed by atoms with Gasteiger partial charge in [0, 0.05) is 17.1 Å². The molecule has 0 saturated carbocycles. The van der Waals surface area contributed by atoms with E-state index >= 15 is 0 Å². The lowest BCUT2D eigenvalue weighted by atomic mass is 10.2. The Morgan fingerprint density at radius 1 is 1.43 bits per heavy atom. The van der Waals surface area contributed by atoms with E-state index in [2.05, 4.69) is 4.98 Å². The van der Waals surface area contributed by atoms with Gasteiger partial charge in [-0.2, -0.15) is 0 Å². The van der Waals surface area contributed by atoms with Crippen molar-refractivity contribution in [3.05, 3.63) is 34.6 Å². The third kappa shape index (κ3) is 1.21.